The van der Waals surface area contributed by atoms with Gasteiger partial charge in [0.25, 0.3) is 5.91 Å². The molecule has 3 saturated heterocycles. The number of rotatable bonds is 2. The number of hydrogen-bond acceptors (Lipinski definition) is 4. The summed E-state index contributed by atoms with van der Waals surface area (Å²) in [7, 11) is 0. The Labute approximate surface area is 171 Å². The molecule has 0 aromatic heterocycles. The van der Waals surface area contributed by atoms with Gasteiger partial charge in [0, 0.05) is 18.1 Å². The summed E-state index contributed by atoms with van der Waals surface area (Å²) in [5.74, 6) is -1.47. The Balaban J connectivity index is 1.59. The van der Waals surface area contributed by atoms with Gasteiger partial charge in [-0.15, -0.1) is 0 Å². The van der Waals surface area contributed by atoms with Crippen molar-refractivity contribution in [3.05, 3.63) is 63.9 Å². The molecule has 0 aliphatic carbocycles. The minimum Gasteiger partial charge on any atom is -0.274 e. The fraction of sp³-hybridized carbons (Fsp3) is 0.300. The highest BCUT2D eigenvalue weighted by Crippen LogP contribution is 2.49. The van der Waals surface area contributed by atoms with E-state index in [0.717, 1.165) is 18.5 Å². The Bertz CT molecular complexity index is 984. The molecule has 0 bridgehead atoms. The number of hydrazine groups is 1. The number of nitrogens with zero attached hydrogens (tertiary/aromatic N) is 3. The number of carbonyl (C=O) groups excluding carboxylic acids is 2. The quantitative estimate of drug-likeness (QED) is 0.696. The molecule has 0 radical (unpaired) electrons. The first-order chi connectivity index (χ1) is 13.5. The maximum Gasteiger partial charge on any atom is 0.253 e. The van der Waals surface area contributed by atoms with Crippen LogP contribution in [0.4, 0.5) is 10.1 Å². The molecule has 3 fully saturated rings. The van der Waals surface area contributed by atoms with Crippen LogP contribution < -0.4 is 4.90 Å². The molecular weight excluding hydrogens is 404 g/mol. The summed E-state index contributed by atoms with van der Waals surface area (Å²) < 4.78 is 13.4. The number of fused-ring (bicyclic) bond motifs is 3. The van der Waals surface area contributed by atoms with Gasteiger partial charge in [-0.1, -0.05) is 35.3 Å². The third kappa shape index (κ3) is 2.52. The molecule has 28 heavy (non-hydrogen) atoms. The molecule has 0 unspecified atom stereocenters. The number of benzene rings is 2. The molecule has 5 nitrogen and oxygen atoms in total. The summed E-state index contributed by atoms with van der Waals surface area (Å²) in [5.41, 5.74) is 1.17. The summed E-state index contributed by atoms with van der Waals surface area (Å²) in [4.78, 5) is 27.9. The maximum atomic E-state index is 13.4. The second kappa shape index (κ2) is 6.52. The minimum atomic E-state index is -0.572. The summed E-state index contributed by atoms with van der Waals surface area (Å²) in [6.45, 7) is 1.47. The Kier molecular flexibility index (Phi) is 4.21. The number of amides is 2. The zero-order chi connectivity index (χ0) is 19.6. The number of anilines is 1. The van der Waals surface area contributed by atoms with Crippen LogP contribution in [0.25, 0.3) is 0 Å². The topological polar surface area (TPSA) is 43.9 Å². The second-order valence-electron chi connectivity index (χ2n) is 7.25. The van der Waals surface area contributed by atoms with E-state index in [4.69, 9.17) is 23.2 Å². The van der Waals surface area contributed by atoms with Crippen molar-refractivity contribution in [2.75, 3.05) is 18.0 Å². The molecular formula is C20H16Cl2FN3O2. The average molecular weight is 420 g/mol. The first-order valence-electron chi connectivity index (χ1n) is 9.09. The van der Waals surface area contributed by atoms with Crippen LogP contribution in [0.3, 0.4) is 0 Å². The van der Waals surface area contributed by atoms with Crippen LogP contribution in [-0.2, 0) is 9.59 Å². The molecule has 144 valence electrons. The molecule has 3 heterocycles. The largest absolute Gasteiger partial charge is 0.274 e. The van der Waals surface area contributed by atoms with Gasteiger partial charge in [0.2, 0.25) is 5.91 Å². The zero-order valence-electron chi connectivity index (χ0n) is 14.7. The highest BCUT2D eigenvalue weighted by molar-refractivity contribution is 6.38. The molecule has 3 atom stereocenters. The van der Waals surface area contributed by atoms with Gasteiger partial charge in [-0.2, -0.15) is 0 Å². The number of hydrogen-bond donors (Lipinski definition) is 0. The van der Waals surface area contributed by atoms with Crippen LogP contribution in [-0.4, -0.2) is 41.0 Å². The molecule has 5 rings (SSSR count). The van der Waals surface area contributed by atoms with E-state index in [2.05, 4.69) is 5.01 Å². The van der Waals surface area contributed by atoms with E-state index < -0.39 is 12.0 Å². The second-order valence-corrected chi connectivity index (χ2v) is 8.10. The van der Waals surface area contributed by atoms with E-state index in [1.165, 1.54) is 23.1 Å². The van der Waals surface area contributed by atoms with Gasteiger partial charge >= 0.3 is 0 Å². The Morgan fingerprint density at radius 2 is 1.57 bits per heavy atom. The SMILES string of the molecule is O=C1[C@H]2[C@@H](C(=O)N1c1ccc(Cl)cc1Cl)N1CCCN1[C@H]2c1ccc(F)cc1. The van der Waals surface area contributed by atoms with Crippen molar-refractivity contribution in [3.8, 4) is 0 Å². The third-order valence-corrected chi connectivity index (χ3v) is 6.31. The molecule has 0 saturated carbocycles. The van der Waals surface area contributed by atoms with E-state index in [1.54, 1.807) is 24.3 Å². The van der Waals surface area contributed by atoms with Crippen molar-refractivity contribution >= 4 is 40.7 Å². The first-order valence-corrected chi connectivity index (χ1v) is 9.84. The average Bonchev–Trinajstić information content (AvgIpc) is 3.30. The van der Waals surface area contributed by atoms with Crippen LogP contribution >= 0.6 is 23.2 Å². The number of imide groups is 1. The number of carbonyl (C=O) groups is 2. The predicted molar refractivity (Wildman–Crippen MR) is 103 cm³/mol. The summed E-state index contributed by atoms with van der Waals surface area (Å²) >= 11 is 12.2. The van der Waals surface area contributed by atoms with Crippen molar-refractivity contribution in [2.45, 2.75) is 18.5 Å². The normalized spacial score (nSPS) is 27.5. The van der Waals surface area contributed by atoms with Crippen molar-refractivity contribution in [1.29, 1.82) is 0 Å². The smallest absolute Gasteiger partial charge is 0.253 e. The monoisotopic (exact) mass is 419 g/mol. The van der Waals surface area contributed by atoms with E-state index in [0.29, 0.717) is 17.3 Å². The van der Waals surface area contributed by atoms with E-state index in [9.17, 15) is 14.0 Å². The third-order valence-electron chi connectivity index (χ3n) is 5.77. The molecule has 3 aliphatic heterocycles. The lowest BCUT2D eigenvalue weighted by atomic mass is 9.90. The molecule has 0 spiro atoms. The lowest BCUT2D eigenvalue weighted by molar-refractivity contribution is -0.126. The van der Waals surface area contributed by atoms with Crippen molar-refractivity contribution in [2.24, 2.45) is 5.92 Å². The van der Waals surface area contributed by atoms with E-state index >= 15 is 0 Å². The van der Waals surface area contributed by atoms with Crippen molar-refractivity contribution in [1.82, 2.24) is 10.0 Å². The Hall–Kier alpha value is -1.99. The van der Waals surface area contributed by atoms with Gasteiger partial charge in [0.05, 0.1) is 22.7 Å². The van der Waals surface area contributed by atoms with Crippen LogP contribution in [0.1, 0.15) is 18.0 Å². The van der Waals surface area contributed by atoms with Crippen LogP contribution in [0.2, 0.25) is 10.0 Å². The first kappa shape index (κ1) is 18.1. The van der Waals surface area contributed by atoms with Gasteiger partial charge in [-0.05, 0) is 42.3 Å². The minimum absolute atomic E-state index is 0.255. The van der Waals surface area contributed by atoms with Gasteiger partial charge in [0.1, 0.15) is 11.9 Å². The molecule has 2 aromatic carbocycles. The van der Waals surface area contributed by atoms with E-state index in [1.807, 2.05) is 5.01 Å². The van der Waals surface area contributed by atoms with Gasteiger partial charge in [0.15, 0.2) is 0 Å². The fourth-order valence-electron chi connectivity index (χ4n) is 4.67. The summed E-state index contributed by atoms with van der Waals surface area (Å²) in [5, 5.41) is 4.76. The standard InChI is InChI=1S/C20H16Cl2FN3O2/c21-12-4-7-15(14(22)10-12)26-19(27)16-17(11-2-5-13(23)6-3-11)24-8-1-9-25(24)18(16)20(26)28/h2-7,10,16-18H,1,8-9H2/t16-,17+,18+/m1/s1. The van der Waals surface area contributed by atoms with Crippen LogP contribution in [0.15, 0.2) is 42.5 Å². The molecule has 3 aliphatic rings. The zero-order valence-corrected chi connectivity index (χ0v) is 16.2. The summed E-state index contributed by atoms with van der Waals surface area (Å²) in [6, 6.07) is 10.00. The fourth-order valence-corrected chi connectivity index (χ4v) is 5.17. The lowest BCUT2D eigenvalue weighted by Gasteiger charge is -2.30. The van der Waals surface area contributed by atoms with Gasteiger partial charge < -0.3 is 0 Å². The van der Waals surface area contributed by atoms with Gasteiger partial charge in [-0.25, -0.2) is 19.3 Å². The van der Waals surface area contributed by atoms with E-state index in [-0.39, 0.29) is 28.7 Å². The number of halogens is 3. The van der Waals surface area contributed by atoms with Crippen LogP contribution in [0, 0.1) is 11.7 Å². The highest BCUT2D eigenvalue weighted by Gasteiger charge is 2.63. The van der Waals surface area contributed by atoms with Crippen molar-refractivity contribution < 1.29 is 14.0 Å². The maximum absolute atomic E-state index is 13.4. The predicted octanol–water partition coefficient (Wildman–Crippen LogP) is 3.67. The molecule has 0 N–H and O–H groups in total. The highest BCUT2D eigenvalue weighted by atomic mass is 35.5. The summed E-state index contributed by atoms with van der Waals surface area (Å²) in [6.07, 6.45) is 0.907. The molecule has 8 heteroatoms. The lowest BCUT2D eigenvalue weighted by Crippen LogP contribution is -2.44. The van der Waals surface area contributed by atoms with Gasteiger partial charge in [-0.3, -0.25) is 9.59 Å². The molecule has 2 amide bonds. The van der Waals surface area contributed by atoms with Crippen LogP contribution in [0.5, 0.6) is 0 Å². The Morgan fingerprint density at radius 3 is 2.25 bits per heavy atom. The molecule has 2 aromatic rings. The Morgan fingerprint density at radius 1 is 0.893 bits per heavy atom. The van der Waals surface area contributed by atoms with Crippen molar-refractivity contribution in [3.63, 3.8) is 0 Å².